The van der Waals surface area contributed by atoms with Crippen LogP contribution in [0.4, 0.5) is 0 Å². The standard InChI is InChI=1S/C22H42N4O2/c1-3-23-22(24-16-19(2)17-25-12-14-27-15-13-25)26-10-8-21(9-11-26)28-18-20-6-4-5-7-20/h19-21H,3-18H2,1-2H3,(H,23,24). The summed E-state index contributed by atoms with van der Waals surface area (Å²) < 4.78 is 11.7. The molecule has 28 heavy (non-hydrogen) atoms. The summed E-state index contributed by atoms with van der Waals surface area (Å²) in [6.07, 6.45) is 8.25. The first-order chi connectivity index (χ1) is 13.7. The number of hydrogen-bond acceptors (Lipinski definition) is 4. The van der Waals surface area contributed by atoms with Gasteiger partial charge in [0.15, 0.2) is 5.96 Å². The minimum Gasteiger partial charge on any atom is -0.379 e. The molecule has 1 N–H and O–H groups in total. The van der Waals surface area contributed by atoms with Crippen LogP contribution < -0.4 is 5.32 Å². The molecule has 2 heterocycles. The zero-order valence-corrected chi connectivity index (χ0v) is 18.2. The molecule has 6 nitrogen and oxygen atoms in total. The number of nitrogens with zero attached hydrogens (tertiary/aromatic N) is 3. The monoisotopic (exact) mass is 394 g/mol. The second-order valence-corrected chi connectivity index (χ2v) is 8.88. The smallest absolute Gasteiger partial charge is 0.193 e. The van der Waals surface area contributed by atoms with E-state index in [-0.39, 0.29) is 0 Å². The number of morpholine rings is 1. The first-order valence-electron chi connectivity index (χ1n) is 11.7. The molecule has 2 aliphatic heterocycles. The molecule has 3 rings (SSSR count). The number of rotatable bonds is 8. The normalized spacial score (nSPS) is 24.6. The van der Waals surface area contributed by atoms with Crippen LogP contribution in [0.5, 0.6) is 0 Å². The highest BCUT2D eigenvalue weighted by molar-refractivity contribution is 5.80. The Hall–Kier alpha value is -0.850. The fraction of sp³-hybridized carbons (Fsp3) is 0.955. The summed E-state index contributed by atoms with van der Waals surface area (Å²) in [6.45, 7) is 14.3. The first-order valence-corrected chi connectivity index (χ1v) is 11.7. The second kappa shape index (κ2) is 12.0. The van der Waals surface area contributed by atoms with Crippen molar-refractivity contribution in [1.29, 1.82) is 0 Å². The zero-order chi connectivity index (χ0) is 19.6. The molecular weight excluding hydrogens is 352 g/mol. The van der Waals surface area contributed by atoms with E-state index in [1.54, 1.807) is 0 Å². The van der Waals surface area contributed by atoms with E-state index >= 15 is 0 Å². The average Bonchev–Trinajstić information content (AvgIpc) is 3.24. The van der Waals surface area contributed by atoms with Crippen molar-refractivity contribution >= 4 is 5.96 Å². The van der Waals surface area contributed by atoms with Crippen molar-refractivity contribution in [2.75, 3.05) is 65.6 Å². The fourth-order valence-corrected chi connectivity index (χ4v) is 4.63. The van der Waals surface area contributed by atoms with E-state index in [2.05, 4.69) is 29.0 Å². The summed E-state index contributed by atoms with van der Waals surface area (Å²) in [5.41, 5.74) is 0. The lowest BCUT2D eigenvalue weighted by molar-refractivity contribution is 0.000989. The molecule has 1 saturated carbocycles. The van der Waals surface area contributed by atoms with Gasteiger partial charge in [-0.25, -0.2) is 0 Å². The maximum atomic E-state index is 6.24. The van der Waals surface area contributed by atoms with E-state index in [0.29, 0.717) is 12.0 Å². The van der Waals surface area contributed by atoms with Crippen LogP contribution in [0.1, 0.15) is 52.4 Å². The Bertz CT molecular complexity index is 453. The van der Waals surface area contributed by atoms with Crippen molar-refractivity contribution < 1.29 is 9.47 Å². The van der Waals surface area contributed by atoms with Gasteiger partial charge < -0.3 is 19.7 Å². The third-order valence-electron chi connectivity index (χ3n) is 6.35. The molecule has 2 saturated heterocycles. The van der Waals surface area contributed by atoms with Crippen LogP contribution in [0, 0.1) is 11.8 Å². The van der Waals surface area contributed by atoms with Crippen LogP contribution >= 0.6 is 0 Å². The quantitative estimate of drug-likeness (QED) is 0.507. The number of piperidine rings is 1. The van der Waals surface area contributed by atoms with E-state index in [9.17, 15) is 0 Å². The second-order valence-electron chi connectivity index (χ2n) is 8.88. The molecule has 6 heteroatoms. The molecule has 1 atom stereocenters. The lowest BCUT2D eigenvalue weighted by atomic mass is 10.1. The highest BCUT2D eigenvalue weighted by atomic mass is 16.5. The van der Waals surface area contributed by atoms with Crippen LogP contribution in [0.25, 0.3) is 0 Å². The van der Waals surface area contributed by atoms with E-state index in [0.717, 1.165) is 90.4 Å². The molecule has 162 valence electrons. The summed E-state index contributed by atoms with van der Waals surface area (Å²) in [4.78, 5) is 9.90. The van der Waals surface area contributed by atoms with E-state index in [1.807, 2.05) is 0 Å². The van der Waals surface area contributed by atoms with Crippen molar-refractivity contribution in [1.82, 2.24) is 15.1 Å². The molecule has 0 aromatic rings. The number of guanidine groups is 1. The minimum atomic E-state index is 0.444. The number of aliphatic imine (C=N–C) groups is 1. The van der Waals surface area contributed by atoms with Gasteiger partial charge in [0.2, 0.25) is 0 Å². The third kappa shape index (κ3) is 7.20. The van der Waals surface area contributed by atoms with Crippen molar-refractivity contribution in [2.24, 2.45) is 16.8 Å². The Balaban J connectivity index is 1.39. The summed E-state index contributed by atoms with van der Waals surface area (Å²) >= 11 is 0. The third-order valence-corrected chi connectivity index (χ3v) is 6.35. The van der Waals surface area contributed by atoms with Crippen LogP contribution in [0.15, 0.2) is 4.99 Å². The first kappa shape index (κ1) is 21.8. The van der Waals surface area contributed by atoms with Gasteiger partial charge in [0, 0.05) is 52.4 Å². The molecular formula is C22H42N4O2. The summed E-state index contributed by atoms with van der Waals surface area (Å²) in [7, 11) is 0. The van der Waals surface area contributed by atoms with Gasteiger partial charge in [0.05, 0.1) is 19.3 Å². The van der Waals surface area contributed by atoms with Gasteiger partial charge in [-0.1, -0.05) is 19.8 Å². The molecule has 1 aliphatic carbocycles. The SMILES string of the molecule is CCNC(=NCC(C)CN1CCOCC1)N1CCC(OCC2CCCC2)CC1. The maximum Gasteiger partial charge on any atom is 0.193 e. The number of nitrogens with one attached hydrogen (secondary N) is 1. The van der Waals surface area contributed by atoms with Gasteiger partial charge in [-0.3, -0.25) is 9.89 Å². The number of ether oxygens (including phenoxy) is 2. The largest absolute Gasteiger partial charge is 0.379 e. The Kier molecular flexibility index (Phi) is 9.35. The van der Waals surface area contributed by atoms with Gasteiger partial charge in [-0.2, -0.15) is 0 Å². The van der Waals surface area contributed by atoms with Crippen molar-refractivity contribution in [3.63, 3.8) is 0 Å². The van der Waals surface area contributed by atoms with Crippen LogP contribution in [-0.2, 0) is 9.47 Å². The Morgan fingerprint density at radius 2 is 1.82 bits per heavy atom. The minimum absolute atomic E-state index is 0.444. The van der Waals surface area contributed by atoms with Crippen molar-refractivity contribution in [3.8, 4) is 0 Å². The predicted octanol–water partition coefficient (Wildman–Crippen LogP) is 2.59. The summed E-state index contributed by atoms with van der Waals surface area (Å²) in [5, 5.41) is 3.50. The van der Waals surface area contributed by atoms with E-state index in [4.69, 9.17) is 14.5 Å². The fourth-order valence-electron chi connectivity index (χ4n) is 4.63. The molecule has 3 fully saturated rings. The predicted molar refractivity (Wildman–Crippen MR) is 115 cm³/mol. The number of likely N-dealkylation sites (tertiary alicyclic amines) is 1. The van der Waals surface area contributed by atoms with Gasteiger partial charge in [-0.15, -0.1) is 0 Å². The van der Waals surface area contributed by atoms with Crippen LogP contribution in [0.3, 0.4) is 0 Å². The topological polar surface area (TPSA) is 49.3 Å². The molecule has 0 radical (unpaired) electrons. The lowest BCUT2D eigenvalue weighted by Crippen LogP contribution is -2.47. The van der Waals surface area contributed by atoms with Gasteiger partial charge >= 0.3 is 0 Å². The van der Waals surface area contributed by atoms with Crippen LogP contribution in [-0.4, -0.2) is 87.5 Å². The highest BCUT2D eigenvalue weighted by Crippen LogP contribution is 2.26. The lowest BCUT2D eigenvalue weighted by Gasteiger charge is -2.35. The summed E-state index contributed by atoms with van der Waals surface area (Å²) in [5.74, 6) is 2.48. The van der Waals surface area contributed by atoms with E-state index in [1.165, 1.54) is 25.7 Å². The molecule has 0 aromatic heterocycles. The Morgan fingerprint density at radius 1 is 1.11 bits per heavy atom. The Labute approximate surface area is 172 Å². The molecule has 0 spiro atoms. The molecule has 0 aromatic carbocycles. The van der Waals surface area contributed by atoms with Gasteiger partial charge in [-0.05, 0) is 44.4 Å². The highest BCUT2D eigenvalue weighted by Gasteiger charge is 2.24. The molecule has 1 unspecified atom stereocenters. The number of hydrogen-bond donors (Lipinski definition) is 1. The Morgan fingerprint density at radius 3 is 2.50 bits per heavy atom. The van der Waals surface area contributed by atoms with Crippen molar-refractivity contribution in [3.05, 3.63) is 0 Å². The van der Waals surface area contributed by atoms with Gasteiger partial charge in [0.25, 0.3) is 0 Å². The average molecular weight is 395 g/mol. The zero-order valence-electron chi connectivity index (χ0n) is 18.2. The summed E-state index contributed by atoms with van der Waals surface area (Å²) in [6, 6.07) is 0. The van der Waals surface area contributed by atoms with Crippen molar-refractivity contribution in [2.45, 2.75) is 58.5 Å². The molecule has 0 bridgehead atoms. The van der Waals surface area contributed by atoms with Gasteiger partial charge in [0.1, 0.15) is 0 Å². The molecule has 3 aliphatic rings. The van der Waals surface area contributed by atoms with Crippen LogP contribution in [0.2, 0.25) is 0 Å². The maximum absolute atomic E-state index is 6.24. The van der Waals surface area contributed by atoms with E-state index < -0.39 is 0 Å². The molecule has 0 amide bonds.